The molecule has 1 heterocycles. The molecule has 0 saturated heterocycles. The lowest BCUT2D eigenvalue weighted by molar-refractivity contribution is 0.409. The Bertz CT molecular complexity index is 335. The van der Waals surface area contributed by atoms with Crippen molar-refractivity contribution >= 4 is 0 Å². The fraction of sp³-hybridized carbons (Fsp3) is 0.538. The standard InChI is InChI=1S/C13H19NO/c1-3-10-9-14-8-7-12-11(10)5-4-6-13(12)15-2/h4-6,10,14H,3,7-9H2,1-2H3. The van der Waals surface area contributed by atoms with Gasteiger partial charge in [-0.1, -0.05) is 19.1 Å². The van der Waals surface area contributed by atoms with Gasteiger partial charge in [0.05, 0.1) is 7.11 Å². The van der Waals surface area contributed by atoms with Gasteiger partial charge < -0.3 is 10.1 Å². The zero-order chi connectivity index (χ0) is 10.7. The van der Waals surface area contributed by atoms with Crippen molar-refractivity contribution in [2.75, 3.05) is 20.2 Å². The second-order valence-electron chi connectivity index (χ2n) is 4.09. The van der Waals surface area contributed by atoms with Crippen molar-refractivity contribution in [2.45, 2.75) is 25.7 Å². The Morgan fingerprint density at radius 2 is 2.33 bits per heavy atom. The predicted molar refractivity (Wildman–Crippen MR) is 62.6 cm³/mol. The molecule has 1 unspecified atom stereocenters. The van der Waals surface area contributed by atoms with Crippen molar-refractivity contribution in [1.82, 2.24) is 5.32 Å². The summed E-state index contributed by atoms with van der Waals surface area (Å²) in [5.41, 5.74) is 2.87. The molecule has 1 atom stereocenters. The Morgan fingerprint density at radius 3 is 3.07 bits per heavy atom. The van der Waals surface area contributed by atoms with E-state index in [-0.39, 0.29) is 0 Å². The molecule has 0 aliphatic carbocycles. The minimum Gasteiger partial charge on any atom is -0.496 e. The first-order valence-electron chi connectivity index (χ1n) is 5.73. The molecule has 0 amide bonds. The summed E-state index contributed by atoms with van der Waals surface area (Å²) in [5, 5.41) is 3.49. The van der Waals surface area contributed by atoms with Crippen molar-refractivity contribution < 1.29 is 4.74 Å². The van der Waals surface area contributed by atoms with Gasteiger partial charge in [0.15, 0.2) is 0 Å². The summed E-state index contributed by atoms with van der Waals surface area (Å²) in [6.07, 6.45) is 2.27. The average molecular weight is 205 g/mol. The lowest BCUT2D eigenvalue weighted by Gasteiger charge is -2.17. The highest BCUT2D eigenvalue weighted by atomic mass is 16.5. The molecule has 0 bridgehead atoms. The molecule has 1 aromatic carbocycles. The van der Waals surface area contributed by atoms with Crippen LogP contribution in [0.5, 0.6) is 5.75 Å². The number of hydrogen-bond acceptors (Lipinski definition) is 2. The van der Waals surface area contributed by atoms with Crippen LogP contribution in [-0.4, -0.2) is 20.2 Å². The van der Waals surface area contributed by atoms with Crippen LogP contribution in [0, 0.1) is 0 Å². The number of benzene rings is 1. The first-order valence-corrected chi connectivity index (χ1v) is 5.73. The van der Waals surface area contributed by atoms with Crippen LogP contribution >= 0.6 is 0 Å². The van der Waals surface area contributed by atoms with E-state index in [0.717, 1.165) is 25.3 Å². The van der Waals surface area contributed by atoms with Gasteiger partial charge >= 0.3 is 0 Å². The number of methoxy groups -OCH3 is 1. The predicted octanol–water partition coefficient (Wildman–Crippen LogP) is 2.33. The fourth-order valence-corrected chi connectivity index (χ4v) is 2.39. The van der Waals surface area contributed by atoms with Crippen LogP contribution in [0.2, 0.25) is 0 Å². The Balaban J connectivity index is 2.44. The third-order valence-corrected chi connectivity index (χ3v) is 3.26. The maximum absolute atomic E-state index is 5.43. The number of nitrogens with one attached hydrogen (secondary N) is 1. The second-order valence-corrected chi connectivity index (χ2v) is 4.09. The highest BCUT2D eigenvalue weighted by Crippen LogP contribution is 2.31. The monoisotopic (exact) mass is 205 g/mol. The lowest BCUT2D eigenvalue weighted by atomic mass is 9.91. The molecule has 1 N–H and O–H groups in total. The molecule has 82 valence electrons. The first kappa shape index (κ1) is 10.5. The molecule has 1 aliphatic heterocycles. The van der Waals surface area contributed by atoms with Gasteiger partial charge in [0, 0.05) is 6.54 Å². The highest BCUT2D eigenvalue weighted by molar-refractivity contribution is 5.43. The molecule has 15 heavy (non-hydrogen) atoms. The molecule has 2 heteroatoms. The molecule has 0 radical (unpaired) electrons. The molecule has 0 fully saturated rings. The number of ether oxygens (including phenoxy) is 1. The van der Waals surface area contributed by atoms with Crippen LogP contribution in [0.3, 0.4) is 0 Å². The number of rotatable bonds is 2. The molecule has 1 aromatic rings. The summed E-state index contributed by atoms with van der Waals surface area (Å²) < 4.78 is 5.43. The van der Waals surface area contributed by atoms with E-state index in [1.807, 2.05) is 0 Å². The molecule has 0 saturated carbocycles. The zero-order valence-electron chi connectivity index (χ0n) is 9.55. The van der Waals surface area contributed by atoms with E-state index < -0.39 is 0 Å². The van der Waals surface area contributed by atoms with Crippen LogP contribution in [0.15, 0.2) is 18.2 Å². The van der Waals surface area contributed by atoms with Crippen molar-refractivity contribution in [2.24, 2.45) is 0 Å². The maximum atomic E-state index is 5.43. The summed E-state index contributed by atoms with van der Waals surface area (Å²) in [7, 11) is 1.76. The van der Waals surface area contributed by atoms with Crippen LogP contribution in [0.25, 0.3) is 0 Å². The zero-order valence-corrected chi connectivity index (χ0v) is 9.55. The lowest BCUT2D eigenvalue weighted by Crippen LogP contribution is -2.19. The normalized spacial score (nSPS) is 20.5. The fourth-order valence-electron chi connectivity index (χ4n) is 2.39. The second kappa shape index (κ2) is 4.67. The summed E-state index contributed by atoms with van der Waals surface area (Å²) in [4.78, 5) is 0. The van der Waals surface area contributed by atoms with Gasteiger partial charge in [-0.25, -0.2) is 0 Å². The topological polar surface area (TPSA) is 21.3 Å². The molecule has 1 aliphatic rings. The van der Waals surface area contributed by atoms with E-state index in [0.29, 0.717) is 5.92 Å². The van der Waals surface area contributed by atoms with Gasteiger partial charge in [-0.15, -0.1) is 0 Å². The molecular formula is C13H19NO. The Morgan fingerprint density at radius 1 is 1.47 bits per heavy atom. The quantitative estimate of drug-likeness (QED) is 0.800. The summed E-state index contributed by atoms with van der Waals surface area (Å²) in [6.45, 7) is 4.40. The van der Waals surface area contributed by atoms with E-state index >= 15 is 0 Å². The first-order chi connectivity index (χ1) is 7.36. The van der Waals surface area contributed by atoms with E-state index in [2.05, 4.69) is 30.4 Å². The van der Waals surface area contributed by atoms with Crippen molar-refractivity contribution in [3.8, 4) is 5.75 Å². The minimum absolute atomic E-state index is 0.637. The van der Waals surface area contributed by atoms with Crippen molar-refractivity contribution in [1.29, 1.82) is 0 Å². The van der Waals surface area contributed by atoms with Crippen LogP contribution < -0.4 is 10.1 Å². The SMILES string of the molecule is CCC1CNCCc2c(OC)cccc21. The smallest absolute Gasteiger partial charge is 0.122 e. The van der Waals surface area contributed by atoms with Crippen molar-refractivity contribution in [3.63, 3.8) is 0 Å². The molecule has 2 rings (SSSR count). The highest BCUT2D eigenvalue weighted by Gasteiger charge is 2.19. The van der Waals surface area contributed by atoms with Crippen LogP contribution in [0.4, 0.5) is 0 Å². The van der Waals surface area contributed by atoms with E-state index in [4.69, 9.17) is 4.74 Å². The third kappa shape index (κ3) is 2.00. The minimum atomic E-state index is 0.637. The van der Waals surface area contributed by atoms with Crippen LogP contribution in [-0.2, 0) is 6.42 Å². The van der Waals surface area contributed by atoms with Gasteiger partial charge in [-0.2, -0.15) is 0 Å². The third-order valence-electron chi connectivity index (χ3n) is 3.26. The maximum Gasteiger partial charge on any atom is 0.122 e. The largest absolute Gasteiger partial charge is 0.496 e. The van der Waals surface area contributed by atoms with E-state index in [1.54, 1.807) is 7.11 Å². The molecule has 2 nitrogen and oxygen atoms in total. The van der Waals surface area contributed by atoms with E-state index in [9.17, 15) is 0 Å². The van der Waals surface area contributed by atoms with Gasteiger partial charge in [-0.3, -0.25) is 0 Å². The van der Waals surface area contributed by atoms with Gasteiger partial charge in [-0.05, 0) is 42.5 Å². The molecule has 0 spiro atoms. The Hall–Kier alpha value is -1.02. The summed E-state index contributed by atoms with van der Waals surface area (Å²) >= 11 is 0. The Kier molecular flexibility index (Phi) is 3.27. The molecular weight excluding hydrogens is 186 g/mol. The molecule has 0 aromatic heterocycles. The van der Waals surface area contributed by atoms with Crippen LogP contribution in [0.1, 0.15) is 30.4 Å². The van der Waals surface area contributed by atoms with Gasteiger partial charge in [0.2, 0.25) is 0 Å². The van der Waals surface area contributed by atoms with E-state index in [1.165, 1.54) is 17.5 Å². The van der Waals surface area contributed by atoms with Crippen molar-refractivity contribution in [3.05, 3.63) is 29.3 Å². The summed E-state index contributed by atoms with van der Waals surface area (Å²) in [6, 6.07) is 6.42. The average Bonchev–Trinajstić information content (AvgIpc) is 2.50. The Labute approximate surface area is 91.6 Å². The van der Waals surface area contributed by atoms with Gasteiger partial charge in [0.1, 0.15) is 5.75 Å². The van der Waals surface area contributed by atoms with Gasteiger partial charge in [0.25, 0.3) is 0 Å². The summed E-state index contributed by atoms with van der Waals surface area (Å²) in [5.74, 6) is 1.69. The number of fused-ring (bicyclic) bond motifs is 1. The number of hydrogen-bond donors (Lipinski definition) is 1.